The number of Topliss-reactive ketones (excluding diaryl/α,β-unsaturated/α-hetero) is 1. The summed E-state index contributed by atoms with van der Waals surface area (Å²) in [6, 6.07) is 0. The number of carbonyl (C=O) groups is 2. The molecule has 3 N–H and O–H groups in total. The zero-order chi connectivity index (χ0) is 18.7. The lowest BCUT2D eigenvalue weighted by atomic mass is 10.0. The van der Waals surface area contributed by atoms with Crippen molar-refractivity contribution in [2.75, 3.05) is 17.3 Å². The van der Waals surface area contributed by atoms with Gasteiger partial charge in [0, 0.05) is 12.3 Å². The molecule has 0 aromatic rings. The summed E-state index contributed by atoms with van der Waals surface area (Å²) in [6.07, 6.45) is 7.22. The van der Waals surface area contributed by atoms with Gasteiger partial charge in [0.15, 0.2) is 0 Å². The van der Waals surface area contributed by atoms with E-state index in [1.165, 1.54) is 23.5 Å². The molecular formula is C18H30O5S2. The van der Waals surface area contributed by atoms with Gasteiger partial charge >= 0.3 is 5.97 Å². The number of carbonyl (C=O) groups excluding carboxylic acids is 1. The Morgan fingerprint density at radius 3 is 2.76 bits per heavy atom. The van der Waals surface area contributed by atoms with E-state index in [1.54, 1.807) is 6.08 Å². The first kappa shape index (κ1) is 22.5. The van der Waals surface area contributed by atoms with Crippen molar-refractivity contribution < 1.29 is 24.9 Å². The van der Waals surface area contributed by atoms with Crippen LogP contribution in [0.2, 0.25) is 0 Å². The van der Waals surface area contributed by atoms with E-state index >= 15 is 0 Å². The van der Waals surface area contributed by atoms with E-state index in [4.69, 9.17) is 5.11 Å². The molecule has 0 radical (unpaired) electrons. The molecule has 0 saturated heterocycles. The van der Waals surface area contributed by atoms with Gasteiger partial charge in [0.1, 0.15) is 5.78 Å². The van der Waals surface area contributed by atoms with Crippen LogP contribution in [0, 0.1) is 5.92 Å². The van der Waals surface area contributed by atoms with Gasteiger partial charge in [-0.3, -0.25) is 9.59 Å². The summed E-state index contributed by atoms with van der Waals surface area (Å²) < 4.78 is 0. The van der Waals surface area contributed by atoms with Crippen molar-refractivity contribution >= 4 is 35.3 Å². The van der Waals surface area contributed by atoms with Gasteiger partial charge in [0.05, 0.1) is 23.2 Å². The molecule has 2 unspecified atom stereocenters. The van der Waals surface area contributed by atoms with Gasteiger partial charge in [-0.2, -0.15) is 11.8 Å². The SMILES string of the molecule is CCCCC[C@H](O)/C=C/C1C(O)CC(=O)[C@@H]1SCCCSCC(=O)O. The number of aliphatic carboxylic acids is 1. The number of carboxylic acid groups (broad SMARTS) is 1. The minimum absolute atomic E-state index is 0.0609. The number of aliphatic hydroxyl groups excluding tert-OH is 2. The van der Waals surface area contributed by atoms with E-state index in [9.17, 15) is 19.8 Å². The molecule has 0 heterocycles. The second kappa shape index (κ2) is 12.8. The van der Waals surface area contributed by atoms with Gasteiger partial charge in [-0.15, -0.1) is 11.8 Å². The standard InChI is InChI=1S/C18H30O5S2/c1-2-3-4-6-13(19)7-8-14-15(20)11-16(21)18(14)25-10-5-9-24-12-17(22)23/h7-8,13-15,18-20H,2-6,9-12H2,1H3,(H,22,23)/b8-7+/t13-,14?,15?,18+/m0/s1. The highest BCUT2D eigenvalue weighted by atomic mass is 32.2. The normalized spacial score (nSPS) is 24.9. The average Bonchev–Trinajstić information content (AvgIpc) is 2.82. The van der Waals surface area contributed by atoms with Crippen molar-refractivity contribution in [1.82, 2.24) is 0 Å². The molecule has 25 heavy (non-hydrogen) atoms. The predicted molar refractivity (Wildman–Crippen MR) is 104 cm³/mol. The first-order valence-corrected chi connectivity index (χ1v) is 11.1. The van der Waals surface area contributed by atoms with Crippen LogP contribution in [0.3, 0.4) is 0 Å². The Hall–Kier alpha value is -0.500. The zero-order valence-electron chi connectivity index (χ0n) is 14.8. The van der Waals surface area contributed by atoms with E-state index < -0.39 is 18.2 Å². The van der Waals surface area contributed by atoms with Crippen molar-refractivity contribution in [3.63, 3.8) is 0 Å². The molecule has 0 spiro atoms. The molecule has 0 amide bonds. The fourth-order valence-corrected chi connectivity index (χ4v) is 4.99. The van der Waals surface area contributed by atoms with Crippen LogP contribution in [-0.2, 0) is 9.59 Å². The summed E-state index contributed by atoms with van der Waals surface area (Å²) >= 11 is 2.91. The summed E-state index contributed by atoms with van der Waals surface area (Å²) in [4.78, 5) is 22.5. The number of unbranched alkanes of at least 4 members (excludes halogenated alkanes) is 2. The van der Waals surface area contributed by atoms with Gasteiger partial charge in [0.25, 0.3) is 0 Å². The van der Waals surface area contributed by atoms with Crippen LogP contribution >= 0.6 is 23.5 Å². The lowest BCUT2D eigenvalue weighted by Crippen LogP contribution is -2.22. The molecule has 4 atom stereocenters. The van der Waals surface area contributed by atoms with Crippen LogP contribution < -0.4 is 0 Å². The Kier molecular flexibility index (Phi) is 11.5. The molecule has 0 bridgehead atoms. The minimum Gasteiger partial charge on any atom is -0.481 e. The fourth-order valence-electron chi connectivity index (χ4n) is 2.80. The topological polar surface area (TPSA) is 94.8 Å². The van der Waals surface area contributed by atoms with Crippen molar-refractivity contribution in [3.05, 3.63) is 12.2 Å². The average molecular weight is 391 g/mol. The van der Waals surface area contributed by atoms with Gasteiger partial charge in [-0.25, -0.2) is 0 Å². The summed E-state index contributed by atoms with van der Waals surface area (Å²) in [5.41, 5.74) is 0. The molecule has 5 nitrogen and oxygen atoms in total. The van der Waals surface area contributed by atoms with Crippen molar-refractivity contribution in [3.8, 4) is 0 Å². The van der Waals surface area contributed by atoms with E-state index in [2.05, 4.69) is 6.92 Å². The van der Waals surface area contributed by atoms with E-state index in [0.717, 1.165) is 37.2 Å². The molecule has 1 rings (SSSR count). The Morgan fingerprint density at radius 2 is 2.08 bits per heavy atom. The smallest absolute Gasteiger partial charge is 0.313 e. The molecule has 1 aliphatic carbocycles. The number of ketones is 1. The van der Waals surface area contributed by atoms with Crippen LogP contribution in [0.15, 0.2) is 12.2 Å². The van der Waals surface area contributed by atoms with Gasteiger partial charge in [-0.1, -0.05) is 38.3 Å². The van der Waals surface area contributed by atoms with Crippen molar-refractivity contribution in [2.45, 2.75) is 62.9 Å². The van der Waals surface area contributed by atoms with Crippen LogP contribution in [0.25, 0.3) is 0 Å². The third-order valence-electron chi connectivity index (χ3n) is 4.14. The van der Waals surface area contributed by atoms with Crippen LogP contribution in [0.5, 0.6) is 0 Å². The first-order chi connectivity index (χ1) is 12.0. The Morgan fingerprint density at radius 1 is 1.32 bits per heavy atom. The lowest BCUT2D eigenvalue weighted by molar-refractivity contribution is -0.133. The molecule has 144 valence electrons. The second-order valence-corrected chi connectivity index (χ2v) is 8.71. The number of aliphatic hydroxyl groups is 2. The molecule has 0 aromatic heterocycles. The van der Waals surface area contributed by atoms with Crippen LogP contribution in [-0.4, -0.2) is 61.8 Å². The van der Waals surface area contributed by atoms with E-state index in [0.29, 0.717) is 6.42 Å². The van der Waals surface area contributed by atoms with Crippen molar-refractivity contribution in [1.29, 1.82) is 0 Å². The largest absolute Gasteiger partial charge is 0.481 e. The highest BCUT2D eigenvalue weighted by Gasteiger charge is 2.40. The Bertz CT molecular complexity index is 441. The number of hydrogen-bond acceptors (Lipinski definition) is 6. The number of rotatable bonds is 13. The quantitative estimate of drug-likeness (QED) is 0.329. The van der Waals surface area contributed by atoms with E-state index in [1.807, 2.05) is 6.08 Å². The third kappa shape index (κ3) is 9.13. The maximum Gasteiger partial charge on any atom is 0.313 e. The van der Waals surface area contributed by atoms with Crippen LogP contribution in [0.4, 0.5) is 0 Å². The Balaban J connectivity index is 2.39. The lowest BCUT2D eigenvalue weighted by Gasteiger charge is -2.17. The van der Waals surface area contributed by atoms with Gasteiger partial charge in [0.2, 0.25) is 0 Å². The second-order valence-electron chi connectivity index (χ2n) is 6.35. The number of carboxylic acids is 1. The van der Waals surface area contributed by atoms with Gasteiger partial charge < -0.3 is 15.3 Å². The zero-order valence-corrected chi connectivity index (χ0v) is 16.4. The first-order valence-electron chi connectivity index (χ1n) is 8.94. The summed E-state index contributed by atoms with van der Waals surface area (Å²) in [6.45, 7) is 2.12. The maximum atomic E-state index is 12.1. The molecule has 1 saturated carbocycles. The van der Waals surface area contributed by atoms with Crippen molar-refractivity contribution in [2.24, 2.45) is 5.92 Å². The summed E-state index contributed by atoms with van der Waals surface area (Å²) in [5, 5.41) is 28.4. The predicted octanol–water partition coefficient (Wildman–Crippen LogP) is 2.74. The molecular weight excluding hydrogens is 360 g/mol. The monoisotopic (exact) mass is 390 g/mol. The number of hydrogen-bond donors (Lipinski definition) is 3. The van der Waals surface area contributed by atoms with Crippen LogP contribution in [0.1, 0.15) is 45.4 Å². The van der Waals surface area contributed by atoms with Gasteiger partial charge in [-0.05, 0) is 24.3 Å². The third-order valence-corrected chi connectivity index (χ3v) is 6.63. The highest BCUT2D eigenvalue weighted by molar-refractivity contribution is 8.01. The molecule has 0 aromatic carbocycles. The molecule has 0 aliphatic heterocycles. The maximum absolute atomic E-state index is 12.1. The molecule has 7 heteroatoms. The summed E-state index contributed by atoms with van der Waals surface area (Å²) in [7, 11) is 0. The summed E-state index contributed by atoms with van der Waals surface area (Å²) in [5.74, 6) is 0.622. The fraction of sp³-hybridized carbons (Fsp3) is 0.778. The molecule has 1 fully saturated rings. The molecule has 1 aliphatic rings. The Labute approximate surface area is 158 Å². The van der Waals surface area contributed by atoms with E-state index in [-0.39, 0.29) is 29.1 Å². The number of thioether (sulfide) groups is 2. The minimum atomic E-state index is -0.811. The highest BCUT2D eigenvalue weighted by Crippen LogP contribution is 2.34.